The van der Waals surface area contributed by atoms with Crippen molar-refractivity contribution in [2.75, 3.05) is 4.90 Å². The summed E-state index contributed by atoms with van der Waals surface area (Å²) in [5, 5.41) is 3.86. The standard InChI is InChI=1S/C12H10N2O2/c1-8-6-11(13-16-8)14-7-9-4-2-3-5-10(9)12(14)15/h2-6H,7H2,1H3. The number of amides is 1. The van der Waals surface area contributed by atoms with Gasteiger partial charge in [0.1, 0.15) is 5.76 Å². The number of hydrogen-bond acceptors (Lipinski definition) is 3. The molecule has 0 aliphatic carbocycles. The van der Waals surface area contributed by atoms with Crippen LogP contribution in [0.3, 0.4) is 0 Å². The minimum atomic E-state index is -0.0103. The summed E-state index contributed by atoms with van der Waals surface area (Å²) in [6.07, 6.45) is 0. The Morgan fingerprint density at radius 1 is 1.38 bits per heavy atom. The Labute approximate surface area is 92.5 Å². The molecule has 2 heterocycles. The van der Waals surface area contributed by atoms with Gasteiger partial charge in [0, 0.05) is 11.6 Å². The van der Waals surface area contributed by atoms with E-state index < -0.39 is 0 Å². The van der Waals surface area contributed by atoms with Crippen molar-refractivity contribution in [3.63, 3.8) is 0 Å². The highest BCUT2D eigenvalue weighted by molar-refractivity contribution is 6.09. The number of carbonyl (C=O) groups excluding carboxylic acids is 1. The van der Waals surface area contributed by atoms with Crippen LogP contribution in [0.25, 0.3) is 0 Å². The van der Waals surface area contributed by atoms with Crippen LogP contribution in [0.15, 0.2) is 34.9 Å². The van der Waals surface area contributed by atoms with E-state index in [0.29, 0.717) is 18.1 Å². The lowest BCUT2D eigenvalue weighted by Gasteiger charge is -2.09. The molecule has 1 aromatic carbocycles. The Morgan fingerprint density at radius 2 is 2.19 bits per heavy atom. The fourth-order valence-corrected chi connectivity index (χ4v) is 1.92. The van der Waals surface area contributed by atoms with Crippen molar-refractivity contribution in [2.24, 2.45) is 0 Å². The molecule has 4 heteroatoms. The second kappa shape index (κ2) is 3.20. The number of fused-ring (bicyclic) bond motifs is 1. The fourth-order valence-electron chi connectivity index (χ4n) is 1.92. The molecule has 16 heavy (non-hydrogen) atoms. The van der Waals surface area contributed by atoms with Gasteiger partial charge in [0.15, 0.2) is 5.82 Å². The molecule has 0 fully saturated rings. The van der Waals surface area contributed by atoms with Crippen LogP contribution in [0.4, 0.5) is 5.82 Å². The van der Waals surface area contributed by atoms with E-state index in [0.717, 1.165) is 11.1 Å². The number of aryl methyl sites for hydroxylation is 1. The minimum absolute atomic E-state index is 0.0103. The first-order valence-electron chi connectivity index (χ1n) is 5.09. The maximum atomic E-state index is 12.1. The van der Waals surface area contributed by atoms with Gasteiger partial charge < -0.3 is 4.52 Å². The molecule has 0 radical (unpaired) electrons. The summed E-state index contributed by atoms with van der Waals surface area (Å²) in [7, 11) is 0. The van der Waals surface area contributed by atoms with Crippen LogP contribution in [-0.2, 0) is 6.54 Å². The van der Waals surface area contributed by atoms with Crippen molar-refractivity contribution in [3.05, 3.63) is 47.2 Å². The quantitative estimate of drug-likeness (QED) is 0.730. The minimum Gasteiger partial charge on any atom is -0.360 e. The SMILES string of the molecule is Cc1cc(N2Cc3ccccc3C2=O)no1. The van der Waals surface area contributed by atoms with Gasteiger partial charge in [-0.3, -0.25) is 9.69 Å². The number of aromatic nitrogens is 1. The summed E-state index contributed by atoms with van der Waals surface area (Å²) < 4.78 is 4.98. The first-order chi connectivity index (χ1) is 7.75. The predicted molar refractivity (Wildman–Crippen MR) is 58.2 cm³/mol. The highest BCUT2D eigenvalue weighted by atomic mass is 16.5. The summed E-state index contributed by atoms with van der Waals surface area (Å²) in [5.41, 5.74) is 1.79. The van der Waals surface area contributed by atoms with Gasteiger partial charge in [-0.05, 0) is 18.6 Å². The van der Waals surface area contributed by atoms with Gasteiger partial charge in [0.25, 0.3) is 5.91 Å². The number of anilines is 1. The Balaban J connectivity index is 2.01. The maximum absolute atomic E-state index is 12.1. The van der Waals surface area contributed by atoms with E-state index in [1.807, 2.05) is 31.2 Å². The molecule has 0 saturated carbocycles. The number of hydrogen-bond donors (Lipinski definition) is 0. The van der Waals surface area contributed by atoms with E-state index in [-0.39, 0.29) is 5.91 Å². The average molecular weight is 214 g/mol. The van der Waals surface area contributed by atoms with Gasteiger partial charge in [-0.1, -0.05) is 23.4 Å². The van der Waals surface area contributed by atoms with Gasteiger partial charge in [0.2, 0.25) is 0 Å². The van der Waals surface area contributed by atoms with Gasteiger partial charge in [-0.2, -0.15) is 0 Å². The van der Waals surface area contributed by atoms with Crippen LogP contribution in [0.1, 0.15) is 21.7 Å². The molecule has 0 atom stereocenters. The smallest absolute Gasteiger partial charge is 0.260 e. The molecule has 1 aliphatic heterocycles. The molecule has 0 N–H and O–H groups in total. The molecular weight excluding hydrogens is 204 g/mol. The van der Waals surface area contributed by atoms with Crippen molar-refractivity contribution in [1.29, 1.82) is 0 Å². The second-order valence-electron chi connectivity index (χ2n) is 3.84. The topological polar surface area (TPSA) is 46.3 Å². The first-order valence-corrected chi connectivity index (χ1v) is 5.09. The molecule has 0 saturated heterocycles. The van der Waals surface area contributed by atoms with Crippen LogP contribution >= 0.6 is 0 Å². The lowest BCUT2D eigenvalue weighted by atomic mass is 10.1. The van der Waals surface area contributed by atoms with Crippen molar-refractivity contribution < 1.29 is 9.32 Å². The maximum Gasteiger partial charge on any atom is 0.260 e. The Hall–Kier alpha value is -2.10. The molecule has 2 aromatic rings. The van der Waals surface area contributed by atoms with E-state index in [9.17, 15) is 4.79 Å². The van der Waals surface area contributed by atoms with Crippen molar-refractivity contribution >= 4 is 11.7 Å². The molecule has 1 aromatic heterocycles. The zero-order valence-electron chi connectivity index (χ0n) is 8.80. The van der Waals surface area contributed by atoms with Crippen LogP contribution in [0, 0.1) is 6.92 Å². The Kier molecular flexibility index (Phi) is 1.83. The summed E-state index contributed by atoms with van der Waals surface area (Å²) in [6, 6.07) is 9.37. The fraction of sp³-hybridized carbons (Fsp3) is 0.167. The predicted octanol–water partition coefficient (Wildman–Crippen LogP) is 2.14. The number of rotatable bonds is 1. The van der Waals surface area contributed by atoms with Gasteiger partial charge in [-0.25, -0.2) is 0 Å². The molecule has 0 unspecified atom stereocenters. The van der Waals surface area contributed by atoms with Crippen molar-refractivity contribution in [3.8, 4) is 0 Å². The zero-order valence-corrected chi connectivity index (χ0v) is 8.80. The Morgan fingerprint density at radius 3 is 2.88 bits per heavy atom. The first kappa shape index (κ1) is 9.15. The third-order valence-corrected chi connectivity index (χ3v) is 2.71. The third-order valence-electron chi connectivity index (χ3n) is 2.71. The van der Waals surface area contributed by atoms with E-state index in [1.165, 1.54) is 0 Å². The number of carbonyl (C=O) groups is 1. The van der Waals surface area contributed by atoms with Crippen LogP contribution < -0.4 is 4.90 Å². The van der Waals surface area contributed by atoms with Crippen LogP contribution in [-0.4, -0.2) is 11.1 Å². The second-order valence-corrected chi connectivity index (χ2v) is 3.84. The van der Waals surface area contributed by atoms with Gasteiger partial charge in [-0.15, -0.1) is 0 Å². The third kappa shape index (κ3) is 1.23. The highest BCUT2D eigenvalue weighted by Crippen LogP contribution is 2.27. The van der Waals surface area contributed by atoms with Gasteiger partial charge >= 0.3 is 0 Å². The molecule has 0 bridgehead atoms. The summed E-state index contributed by atoms with van der Waals surface area (Å²) in [4.78, 5) is 13.7. The van der Waals surface area contributed by atoms with E-state index >= 15 is 0 Å². The monoisotopic (exact) mass is 214 g/mol. The largest absolute Gasteiger partial charge is 0.360 e. The van der Waals surface area contributed by atoms with Gasteiger partial charge in [0.05, 0.1) is 6.54 Å². The molecule has 3 rings (SSSR count). The van der Waals surface area contributed by atoms with E-state index in [4.69, 9.17) is 4.52 Å². The van der Waals surface area contributed by atoms with E-state index in [2.05, 4.69) is 5.16 Å². The highest BCUT2D eigenvalue weighted by Gasteiger charge is 2.29. The molecule has 1 aliphatic rings. The van der Waals surface area contributed by atoms with Crippen molar-refractivity contribution in [2.45, 2.75) is 13.5 Å². The average Bonchev–Trinajstić information content (AvgIpc) is 2.84. The van der Waals surface area contributed by atoms with Crippen LogP contribution in [0.5, 0.6) is 0 Å². The van der Waals surface area contributed by atoms with Crippen LogP contribution in [0.2, 0.25) is 0 Å². The lowest BCUT2D eigenvalue weighted by Crippen LogP contribution is -2.23. The molecular formula is C12H10N2O2. The zero-order chi connectivity index (χ0) is 11.1. The molecule has 4 nitrogen and oxygen atoms in total. The summed E-state index contributed by atoms with van der Waals surface area (Å²) >= 11 is 0. The summed E-state index contributed by atoms with van der Waals surface area (Å²) in [5.74, 6) is 1.28. The Bertz CT molecular complexity index is 560. The van der Waals surface area contributed by atoms with Crippen molar-refractivity contribution in [1.82, 2.24) is 5.16 Å². The number of nitrogens with zero attached hydrogens (tertiary/aromatic N) is 2. The normalized spacial score (nSPS) is 14.3. The molecule has 0 spiro atoms. The summed E-state index contributed by atoms with van der Waals surface area (Å²) in [6.45, 7) is 2.38. The lowest BCUT2D eigenvalue weighted by molar-refractivity contribution is 0.0995. The molecule has 1 amide bonds. The molecule has 80 valence electrons. The number of benzene rings is 1. The van der Waals surface area contributed by atoms with E-state index in [1.54, 1.807) is 11.0 Å².